The summed E-state index contributed by atoms with van der Waals surface area (Å²) in [5.41, 5.74) is 0. The summed E-state index contributed by atoms with van der Waals surface area (Å²) in [5.74, 6) is -2.26. The molecule has 2 atom stereocenters. The summed E-state index contributed by atoms with van der Waals surface area (Å²) in [5, 5.41) is 11.8. The first-order valence-electron chi connectivity index (χ1n) is 35.8. The van der Waals surface area contributed by atoms with Crippen molar-refractivity contribution in [1.29, 1.82) is 0 Å². The molecule has 0 aromatic heterocycles. The molecular formula is C74H137NO8. The van der Waals surface area contributed by atoms with Crippen LogP contribution in [0.25, 0.3) is 0 Å². The fraction of sp³-hybridized carbons (Fsp3) is 0.851. The zero-order valence-electron chi connectivity index (χ0n) is 55.6. The molecule has 486 valence electrons. The van der Waals surface area contributed by atoms with Gasteiger partial charge in [-0.25, -0.2) is 0 Å². The van der Waals surface area contributed by atoms with Crippen molar-refractivity contribution in [3.8, 4) is 0 Å². The van der Waals surface area contributed by atoms with Gasteiger partial charge in [-0.3, -0.25) is 9.59 Å². The predicted molar refractivity (Wildman–Crippen MR) is 352 cm³/mol. The highest BCUT2D eigenvalue weighted by Crippen LogP contribution is 2.18. The van der Waals surface area contributed by atoms with Gasteiger partial charge in [0.25, 0.3) is 0 Å². The van der Waals surface area contributed by atoms with E-state index < -0.39 is 24.3 Å². The molecule has 0 saturated heterocycles. The van der Waals surface area contributed by atoms with Gasteiger partial charge in [0.1, 0.15) is 13.2 Å². The van der Waals surface area contributed by atoms with E-state index in [4.69, 9.17) is 18.9 Å². The highest BCUT2D eigenvalue weighted by atomic mass is 16.7. The Balaban J connectivity index is 4.07. The number of carbonyl (C=O) groups is 3. The largest absolute Gasteiger partial charge is 0.545 e. The Hall–Kier alpha value is -2.75. The highest BCUT2D eigenvalue weighted by Gasteiger charge is 2.22. The molecule has 0 aliphatic rings. The topological polar surface area (TPSA) is 111 Å². The lowest BCUT2D eigenvalue weighted by molar-refractivity contribution is -0.870. The molecule has 0 aliphatic carbocycles. The molecule has 9 heteroatoms. The molecule has 83 heavy (non-hydrogen) atoms. The second-order valence-corrected chi connectivity index (χ2v) is 25.5. The van der Waals surface area contributed by atoms with Crippen LogP contribution in [0, 0.1) is 0 Å². The van der Waals surface area contributed by atoms with Crippen molar-refractivity contribution in [3.05, 3.63) is 48.6 Å². The number of ether oxygens (including phenoxy) is 4. The molecule has 0 rings (SSSR count). The summed E-state index contributed by atoms with van der Waals surface area (Å²) < 4.78 is 22.8. The van der Waals surface area contributed by atoms with E-state index in [0.717, 1.165) is 44.9 Å². The zero-order valence-corrected chi connectivity index (χ0v) is 55.6. The van der Waals surface area contributed by atoms with E-state index in [2.05, 4.69) is 62.5 Å². The van der Waals surface area contributed by atoms with Gasteiger partial charge in [0.2, 0.25) is 0 Å². The Morgan fingerprint density at radius 2 is 0.651 bits per heavy atom. The van der Waals surface area contributed by atoms with Crippen LogP contribution in [-0.2, 0) is 33.3 Å². The van der Waals surface area contributed by atoms with Crippen LogP contribution >= 0.6 is 0 Å². The van der Waals surface area contributed by atoms with Gasteiger partial charge < -0.3 is 33.3 Å². The minimum Gasteiger partial charge on any atom is -0.545 e. The minimum atomic E-state index is -1.62. The fourth-order valence-electron chi connectivity index (χ4n) is 10.5. The average molecular weight is 1170 g/mol. The number of rotatable bonds is 67. The van der Waals surface area contributed by atoms with Gasteiger partial charge in [0, 0.05) is 12.8 Å². The van der Waals surface area contributed by atoms with E-state index in [1.54, 1.807) is 0 Å². The van der Waals surface area contributed by atoms with Crippen molar-refractivity contribution in [2.45, 2.75) is 360 Å². The molecule has 2 unspecified atom stereocenters. The van der Waals surface area contributed by atoms with Crippen LogP contribution < -0.4 is 5.11 Å². The van der Waals surface area contributed by atoms with Crippen LogP contribution in [0.4, 0.5) is 0 Å². The molecule has 0 fully saturated rings. The zero-order chi connectivity index (χ0) is 60.5. The number of aliphatic carboxylic acids is 1. The van der Waals surface area contributed by atoms with Gasteiger partial charge in [-0.05, 0) is 77.0 Å². The van der Waals surface area contributed by atoms with Crippen molar-refractivity contribution >= 4 is 17.9 Å². The molecule has 0 heterocycles. The third-order valence-corrected chi connectivity index (χ3v) is 16.0. The van der Waals surface area contributed by atoms with E-state index in [0.29, 0.717) is 23.9 Å². The van der Waals surface area contributed by atoms with E-state index in [1.807, 2.05) is 21.1 Å². The lowest BCUT2D eigenvalue weighted by Gasteiger charge is -2.26. The number of carboxylic acids is 1. The third-order valence-electron chi connectivity index (χ3n) is 16.0. The van der Waals surface area contributed by atoms with Gasteiger partial charge in [-0.1, -0.05) is 306 Å². The number of quaternary nitrogens is 1. The molecule has 0 N–H and O–H groups in total. The summed E-state index contributed by atoms with van der Waals surface area (Å²) in [6, 6.07) is 0. The van der Waals surface area contributed by atoms with Gasteiger partial charge in [0.05, 0.1) is 40.3 Å². The smallest absolute Gasteiger partial charge is 0.306 e. The van der Waals surface area contributed by atoms with Crippen molar-refractivity contribution in [1.82, 2.24) is 0 Å². The summed E-state index contributed by atoms with van der Waals surface area (Å²) in [6.07, 6.45) is 80.5. The quantitative estimate of drug-likeness (QED) is 0.0195. The van der Waals surface area contributed by atoms with Crippen LogP contribution in [0.1, 0.15) is 348 Å². The maximum atomic E-state index is 12.9. The van der Waals surface area contributed by atoms with Crippen LogP contribution in [0.2, 0.25) is 0 Å². The van der Waals surface area contributed by atoms with Crippen LogP contribution in [0.5, 0.6) is 0 Å². The first-order chi connectivity index (χ1) is 40.6. The monoisotopic (exact) mass is 1170 g/mol. The Morgan fingerprint density at radius 1 is 0.361 bits per heavy atom. The van der Waals surface area contributed by atoms with Crippen molar-refractivity contribution in [3.63, 3.8) is 0 Å². The van der Waals surface area contributed by atoms with E-state index in [1.165, 1.54) is 270 Å². The minimum absolute atomic E-state index is 0.149. The van der Waals surface area contributed by atoms with E-state index in [-0.39, 0.29) is 32.2 Å². The second kappa shape index (κ2) is 65.2. The van der Waals surface area contributed by atoms with E-state index >= 15 is 0 Å². The molecule has 0 bridgehead atoms. The Bertz CT molecular complexity index is 1500. The first-order valence-corrected chi connectivity index (χ1v) is 35.8. The third kappa shape index (κ3) is 66.6. The normalized spacial score (nSPS) is 12.9. The molecule has 0 aliphatic heterocycles. The maximum Gasteiger partial charge on any atom is 0.306 e. The molecule has 9 nitrogen and oxygen atoms in total. The average Bonchev–Trinajstić information content (AvgIpc) is 3.46. The number of carbonyl (C=O) groups excluding carboxylic acids is 3. The van der Waals surface area contributed by atoms with Gasteiger partial charge in [0.15, 0.2) is 12.4 Å². The molecule has 0 radical (unpaired) electrons. The van der Waals surface area contributed by atoms with Gasteiger partial charge in [-0.2, -0.15) is 0 Å². The van der Waals surface area contributed by atoms with Gasteiger partial charge >= 0.3 is 11.9 Å². The number of nitrogens with zero attached hydrogens (tertiary/aromatic N) is 1. The molecule has 0 spiro atoms. The Labute approximate surface area is 514 Å². The molecule has 0 aromatic rings. The summed E-state index contributed by atoms with van der Waals surface area (Å²) >= 11 is 0. The maximum absolute atomic E-state index is 12.9. The second-order valence-electron chi connectivity index (χ2n) is 25.5. The van der Waals surface area contributed by atoms with Gasteiger partial charge in [-0.15, -0.1) is 0 Å². The van der Waals surface area contributed by atoms with Crippen molar-refractivity contribution in [2.75, 3.05) is 47.5 Å². The molecule has 0 aromatic carbocycles. The lowest BCUT2D eigenvalue weighted by atomic mass is 10.0. The SMILES string of the molecule is CCCCCCC/C=C\C/C=C\CCCCCCCCCCCCCCCCCCCCCC(=O)OC(COC(=O)CCCCCCCCCCCCCCCCC/C=C\C/C=C\CCCCCCC)COC(OCC[N+](C)(C)C)C(=O)[O-]. The molecular weight excluding hydrogens is 1030 g/mol. The van der Waals surface area contributed by atoms with E-state index in [9.17, 15) is 19.5 Å². The molecule has 0 saturated carbocycles. The number of likely N-dealkylation sites (N-methyl/N-ethyl adjacent to an activating group) is 1. The Morgan fingerprint density at radius 3 is 0.952 bits per heavy atom. The predicted octanol–water partition coefficient (Wildman–Crippen LogP) is 20.8. The first kappa shape index (κ1) is 80.2. The number of unbranched alkanes of at least 4 members (excludes halogenated alkanes) is 44. The number of carboxylic acid groups (broad SMARTS) is 1. The summed E-state index contributed by atoms with van der Waals surface area (Å²) in [6.45, 7) is 4.79. The summed E-state index contributed by atoms with van der Waals surface area (Å²) in [4.78, 5) is 37.5. The summed E-state index contributed by atoms with van der Waals surface area (Å²) in [7, 11) is 5.94. The van der Waals surface area contributed by atoms with Crippen LogP contribution in [-0.4, -0.2) is 82.3 Å². The van der Waals surface area contributed by atoms with Crippen molar-refractivity contribution < 1.29 is 42.9 Å². The lowest BCUT2D eigenvalue weighted by Crippen LogP contribution is -2.44. The number of esters is 2. The number of allylic oxidation sites excluding steroid dienone is 8. The standard InChI is InChI=1S/C74H137NO8/c1-6-8-10-12-14-16-18-20-22-24-26-28-30-32-34-35-36-37-39-41-43-45-47-49-51-53-55-57-59-61-63-65-72(77)83-70(69-82-74(73(78)79)80-67-66-75(3,4)5)68-81-71(76)64-62-60-58-56-54-52-50-48-46-44-42-40-38-33-31-29-27-25-23-21-19-17-15-13-11-9-7-2/h18-21,24-27,70,74H,6-17,22-23,28-69H2,1-5H3/b20-18-,21-19-,26-24-,27-25-. The fourth-order valence-corrected chi connectivity index (χ4v) is 10.5. The number of hydrogen-bond acceptors (Lipinski definition) is 8. The van der Waals surface area contributed by atoms with Crippen LogP contribution in [0.3, 0.4) is 0 Å². The number of hydrogen-bond donors (Lipinski definition) is 0. The van der Waals surface area contributed by atoms with Crippen molar-refractivity contribution in [2.24, 2.45) is 0 Å². The van der Waals surface area contributed by atoms with Crippen LogP contribution in [0.15, 0.2) is 48.6 Å². The highest BCUT2D eigenvalue weighted by molar-refractivity contribution is 5.70. The molecule has 0 amide bonds. The Kier molecular flexibility index (Phi) is 63.1.